The van der Waals surface area contributed by atoms with Gasteiger partial charge in [-0.05, 0) is 49.4 Å². The van der Waals surface area contributed by atoms with Crippen LogP contribution in [0.25, 0.3) is 16.7 Å². The molecule has 0 atom stereocenters. The molecule has 0 bridgehead atoms. The van der Waals surface area contributed by atoms with Gasteiger partial charge in [-0.15, -0.1) is 0 Å². The molecule has 2 aromatic carbocycles. The first-order valence-corrected chi connectivity index (χ1v) is 13.3. The Bertz CT molecular complexity index is 1580. The van der Waals surface area contributed by atoms with Crippen molar-refractivity contribution in [2.24, 2.45) is 5.92 Å². The van der Waals surface area contributed by atoms with E-state index >= 15 is 0 Å². The van der Waals surface area contributed by atoms with Gasteiger partial charge in [-0.25, -0.2) is 9.67 Å². The number of aromatic nitrogens is 4. The van der Waals surface area contributed by atoms with Gasteiger partial charge >= 0.3 is 0 Å². The standard InChI is InChI=1S/C29H30N6O4/c36-25(15-20-5-2-1-3-6-20)32-22-7-4-8-23(16-22)35-26-24(17-31-35)28(38)34(19-30-26)18-29(39)11-13-33(14-12-29)27(37)21-9-10-21/h1-8,16-17,19,21,39H,9-15,18H2,(H,32,36). The van der Waals surface area contributed by atoms with Crippen LogP contribution in [0.5, 0.6) is 0 Å². The number of hydrogen-bond donors (Lipinski definition) is 2. The minimum absolute atomic E-state index is 0.105. The summed E-state index contributed by atoms with van der Waals surface area (Å²) in [5.41, 5.74) is 1.20. The van der Waals surface area contributed by atoms with Crippen LogP contribution in [0.3, 0.4) is 0 Å². The summed E-state index contributed by atoms with van der Waals surface area (Å²) in [6.07, 6.45) is 5.92. The molecule has 10 nitrogen and oxygen atoms in total. The van der Waals surface area contributed by atoms with Gasteiger partial charge in [-0.1, -0.05) is 36.4 Å². The third-order valence-corrected chi connectivity index (χ3v) is 7.53. The molecule has 200 valence electrons. The minimum Gasteiger partial charge on any atom is -0.388 e. The van der Waals surface area contributed by atoms with E-state index in [9.17, 15) is 19.5 Å². The Labute approximate surface area is 224 Å². The molecule has 2 amide bonds. The number of carbonyl (C=O) groups excluding carboxylic acids is 2. The number of aliphatic hydroxyl groups is 1. The molecule has 0 radical (unpaired) electrons. The topological polar surface area (TPSA) is 122 Å². The fourth-order valence-electron chi connectivity index (χ4n) is 5.16. The molecule has 10 heteroatoms. The lowest BCUT2D eigenvalue weighted by Crippen LogP contribution is -2.50. The Morgan fingerprint density at radius 2 is 1.82 bits per heavy atom. The van der Waals surface area contributed by atoms with E-state index in [4.69, 9.17) is 0 Å². The average Bonchev–Trinajstić information content (AvgIpc) is 3.69. The summed E-state index contributed by atoms with van der Waals surface area (Å²) in [6.45, 7) is 1.09. The Morgan fingerprint density at radius 3 is 2.56 bits per heavy atom. The van der Waals surface area contributed by atoms with Crippen LogP contribution in [0.2, 0.25) is 0 Å². The van der Waals surface area contributed by atoms with E-state index in [1.54, 1.807) is 22.9 Å². The lowest BCUT2D eigenvalue weighted by Gasteiger charge is -2.38. The van der Waals surface area contributed by atoms with Gasteiger partial charge < -0.3 is 15.3 Å². The highest BCUT2D eigenvalue weighted by atomic mass is 16.3. The van der Waals surface area contributed by atoms with Gasteiger partial charge in [-0.2, -0.15) is 5.10 Å². The maximum Gasteiger partial charge on any atom is 0.264 e. The Morgan fingerprint density at radius 1 is 1.05 bits per heavy atom. The molecule has 1 saturated heterocycles. The van der Waals surface area contributed by atoms with Gasteiger partial charge in [-0.3, -0.25) is 19.0 Å². The largest absolute Gasteiger partial charge is 0.388 e. The molecule has 1 saturated carbocycles. The van der Waals surface area contributed by atoms with Crippen LogP contribution in [0, 0.1) is 5.92 Å². The number of anilines is 1. The fraction of sp³-hybridized carbons (Fsp3) is 0.345. The second kappa shape index (κ2) is 10.1. The van der Waals surface area contributed by atoms with Crippen molar-refractivity contribution in [3.63, 3.8) is 0 Å². The maximum atomic E-state index is 13.3. The van der Waals surface area contributed by atoms with E-state index in [0.29, 0.717) is 48.3 Å². The van der Waals surface area contributed by atoms with E-state index in [-0.39, 0.29) is 36.3 Å². The summed E-state index contributed by atoms with van der Waals surface area (Å²) in [6, 6.07) is 16.7. The van der Waals surface area contributed by atoms with E-state index in [1.807, 2.05) is 41.3 Å². The van der Waals surface area contributed by atoms with E-state index < -0.39 is 5.60 Å². The number of nitrogens with zero attached hydrogens (tertiary/aromatic N) is 5. The van der Waals surface area contributed by atoms with Crippen LogP contribution in [-0.4, -0.2) is 59.8 Å². The third-order valence-electron chi connectivity index (χ3n) is 7.53. The summed E-state index contributed by atoms with van der Waals surface area (Å²) in [7, 11) is 0. The normalized spacial score (nSPS) is 16.8. The number of fused-ring (bicyclic) bond motifs is 1. The number of piperidine rings is 1. The van der Waals surface area contributed by atoms with Crippen molar-refractivity contribution in [2.75, 3.05) is 18.4 Å². The van der Waals surface area contributed by atoms with Crippen LogP contribution >= 0.6 is 0 Å². The highest BCUT2D eigenvalue weighted by molar-refractivity contribution is 5.92. The lowest BCUT2D eigenvalue weighted by atomic mass is 9.91. The van der Waals surface area contributed by atoms with E-state index in [2.05, 4.69) is 15.4 Å². The molecule has 2 aliphatic rings. The number of benzene rings is 2. The number of rotatable bonds is 7. The predicted octanol–water partition coefficient (Wildman–Crippen LogP) is 2.53. The van der Waals surface area contributed by atoms with Crippen LogP contribution in [-0.2, 0) is 22.6 Å². The molecule has 1 aliphatic heterocycles. The smallest absolute Gasteiger partial charge is 0.264 e. The van der Waals surface area contributed by atoms with Crippen LogP contribution in [0.1, 0.15) is 31.2 Å². The number of nitrogens with one attached hydrogen (secondary N) is 1. The molecule has 1 aliphatic carbocycles. The zero-order valence-corrected chi connectivity index (χ0v) is 21.5. The van der Waals surface area contributed by atoms with Crippen molar-refractivity contribution >= 4 is 28.5 Å². The number of amides is 2. The van der Waals surface area contributed by atoms with Crippen LogP contribution < -0.4 is 10.9 Å². The molecule has 0 unspecified atom stereocenters. The van der Waals surface area contributed by atoms with E-state index in [1.165, 1.54) is 17.1 Å². The lowest BCUT2D eigenvalue weighted by molar-refractivity contribution is -0.137. The quantitative estimate of drug-likeness (QED) is 0.382. The fourth-order valence-corrected chi connectivity index (χ4v) is 5.16. The van der Waals surface area contributed by atoms with Crippen LogP contribution in [0.4, 0.5) is 5.69 Å². The Kier molecular flexibility index (Phi) is 6.48. The first kappa shape index (κ1) is 25.0. The summed E-state index contributed by atoms with van der Waals surface area (Å²) in [5.74, 6) is 0.211. The maximum absolute atomic E-state index is 13.3. The number of hydrogen-bond acceptors (Lipinski definition) is 6. The molecule has 2 N–H and O–H groups in total. The molecule has 6 rings (SSSR count). The molecule has 3 heterocycles. The van der Waals surface area contributed by atoms with Crippen molar-refractivity contribution in [3.05, 3.63) is 83.0 Å². The van der Waals surface area contributed by atoms with Gasteiger partial charge in [0, 0.05) is 24.7 Å². The van der Waals surface area contributed by atoms with Gasteiger partial charge in [0.1, 0.15) is 11.7 Å². The Hall–Kier alpha value is -4.31. The molecular formula is C29H30N6O4. The van der Waals surface area contributed by atoms with Gasteiger partial charge in [0.05, 0.1) is 30.5 Å². The highest BCUT2D eigenvalue weighted by Gasteiger charge is 2.39. The summed E-state index contributed by atoms with van der Waals surface area (Å²) in [5, 5.41) is 18.8. The van der Waals surface area contributed by atoms with Crippen LogP contribution in [0.15, 0.2) is 71.9 Å². The average molecular weight is 527 g/mol. The predicted molar refractivity (Wildman–Crippen MR) is 145 cm³/mol. The molecule has 0 spiro atoms. The first-order chi connectivity index (χ1) is 18.9. The zero-order chi connectivity index (χ0) is 27.0. The van der Waals surface area contributed by atoms with Crippen molar-refractivity contribution in [3.8, 4) is 5.69 Å². The summed E-state index contributed by atoms with van der Waals surface area (Å²) >= 11 is 0. The highest BCUT2D eigenvalue weighted by Crippen LogP contribution is 2.33. The van der Waals surface area contributed by atoms with Crippen molar-refractivity contribution in [2.45, 2.75) is 44.2 Å². The monoisotopic (exact) mass is 526 g/mol. The van der Waals surface area contributed by atoms with Gasteiger partial charge in [0.25, 0.3) is 5.56 Å². The zero-order valence-electron chi connectivity index (χ0n) is 21.5. The van der Waals surface area contributed by atoms with Crippen molar-refractivity contribution < 1.29 is 14.7 Å². The minimum atomic E-state index is -1.08. The number of likely N-dealkylation sites (tertiary alicyclic amines) is 1. The number of carbonyl (C=O) groups is 2. The SMILES string of the molecule is O=C(Cc1ccccc1)Nc1cccc(-n2ncc3c(=O)n(CC4(O)CCN(C(=O)C5CC5)CC4)cnc32)c1. The molecule has 4 aromatic rings. The first-order valence-electron chi connectivity index (χ1n) is 13.3. The molecule has 2 fully saturated rings. The summed E-state index contributed by atoms with van der Waals surface area (Å²) < 4.78 is 2.98. The Balaban J connectivity index is 1.17. The van der Waals surface area contributed by atoms with Crippen molar-refractivity contribution in [1.82, 2.24) is 24.2 Å². The second-order valence-corrected chi connectivity index (χ2v) is 10.6. The van der Waals surface area contributed by atoms with E-state index in [0.717, 1.165) is 18.4 Å². The molecule has 39 heavy (non-hydrogen) atoms. The van der Waals surface area contributed by atoms with Gasteiger partial charge in [0.2, 0.25) is 11.8 Å². The molecule has 2 aromatic heterocycles. The molecular weight excluding hydrogens is 496 g/mol. The van der Waals surface area contributed by atoms with Gasteiger partial charge in [0.15, 0.2) is 5.65 Å². The summed E-state index contributed by atoms with van der Waals surface area (Å²) in [4.78, 5) is 44.5. The van der Waals surface area contributed by atoms with Crippen molar-refractivity contribution in [1.29, 1.82) is 0 Å². The second-order valence-electron chi connectivity index (χ2n) is 10.6. The third kappa shape index (κ3) is 5.33.